The Hall–Kier alpha value is -0.390. The highest BCUT2D eigenvalue weighted by molar-refractivity contribution is 8.57. The Labute approximate surface area is 175 Å². The van der Waals surface area contributed by atoms with Crippen LogP contribution in [0.25, 0.3) is 0 Å². The number of hydrogen-bond donors (Lipinski definition) is 2. The van der Waals surface area contributed by atoms with Gasteiger partial charge in [0.1, 0.15) is 0 Å². The highest BCUT2D eigenvalue weighted by Crippen LogP contribution is 2.59. The molecule has 2 N–H and O–H groups in total. The van der Waals surface area contributed by atoms with Gasteiger partial charge in [0.2, 0.25) is 0 Å². The Kier molecular flexibility index (Phi) is 9.30. The zero-order valence-electron chi connectivity index (χ0n) is 15.7. The summed E-state index contributed by atoms with van der Waals surface area (Å²) < 4.78 is 18.6. The summed E-state index contributed by atoms with van der Waals surface area (Å²) in [5, 5.41) is 6.56. The molecule has 0 radical (unpaired) electrons. The molecule has 0 aromatic heterocycles. The first-order valence-electron chi connectivity index (χ1n) is 9.35. The van der Waals surface area contributed by atoms with Crippen LogP contribution < -0.4 is 10.4 Å². The maximum Gasteiger partial charge on any atom is 0.351 e. The zero-order valence-corrected chi connectivity index (χ0v) is 18.9. The lowest BCUT2D eigenvalue weighted by Crippen LogP contribution is -2.36. The van der Waals surface area contributed by atoms with Crippen LogP contribution in [0, 0.1) is 0 Å². The molecule has 0 bridgehead atoms. The molecular weight excluding hydrogens is 426 g/mol. The second-order valence-corrected chi connectivity index (χ2v) is 11.7. The summed E-state index contributed by atoms with van der Waals surface area (Å²) in [6.45, 7) is 0.836. The Morgan fingerprint density at radius 1 is 1.26 bits per heavy atom. The summed E-state index contributed by atoms with van der Waals surface area (Å²) in [7, 11) is 0. The van der Waals surface area contributed by atoms with Gasteiger partial charge in [0, 0.05) is 16.8 Å². The van der Waals surface area contributed by atoms with Crippen LogP contribution in [0.15, 0.2) is 12.1 Å². The second-order valence-electron chi connectivity index (χ2n) is 6.48. The van der Waals surface area contributed by atoms with E-state index in [0.29, 0.717) is 23.1 Å². The van der Waals surface area contributed by atoms with Gasteiger partial charge in [0.15, 0.2) is 0 Å². The van der Waals surface area contributed by atoms with Crippen LogP contribution in [0.2, 0.25) is 10.0 Å². The molecular formula is C18H27Cl2N2O3PS. The number of hydrogen-bond acceptors (Lipinski definition) is 4. The van der Waals surface area contributed by atoms with Crippen LogP contribution in [0.5, 0.6) is 0 Å². The molecule has 9 heteroatoms. The number of carbonyl (C=O) groups excluding carboxylic acids is 1. The van der Waals surface area contributed by atoms with Gasteiger partial charge in [0.05, 0.1) is 22.9 Å². The third-order valence-electron chi connectivity index (χ3n) is 4.24. The molecule has 1 atom stereocenters. The number of benzene rings is 1. The average molecular weight is 453 g/mol. The summed E-state index contributed by atoms with van der Waals surface area (Å²) in [5.74, 6) is 0.386. The fourth-order valence-corrected chi connectivity index (χ4v) is 7.34. The lowest BCUT2D eigenvalue weighted by atomic mass is 9.95. The van der Waals surface area contributed by atoms with Crippen molar-refractivity contribution in [1.29, 1.82) is 0 Å². The maximum absolute atomic E-state index is 13.1. The Morgan fingerprint density at radius 3 is 2.59 bits per heavy atom. The summed E-state index contributed by atoms with van der Waals surface area (Å²) in [5.41, 5.74) is 0.588. The average Bonchev–Trinajstić information content (AvgIpc) is 2.60. The first-order valence-corrected chi connectivity index (χ1v) is 13.3. The Bertz CT molecular complexity index is 699. The molecule has 1 unspecified atom stereocenters. The van der Waals surface area contributed by atoms with E-state index in [1.165, 1.54) is 23.9 Å². The Balaban J connectivity index is 2.28. The van der Waals surface area contributed by atoms with Gasteiger partial charge in [-0.1, -0.05) is 49.4 Å². The van der Waals surface area contributed by atoms with Gasteiger partial charge in [-0.3, -0.25) is 9.36 Å². The smallest absolute Gasteiger partial charge is 0.349 e. The maximum atomic E-state index is 13.1. The fourth-order valence-electron chi connectivity index (χ4n) is 3.03. The quantitative estimate of drug-likeness (QED) is 0.405. The Morgan fingerprint density at radius 2 is 1.96 bits per heavy atom. The number of carbonyl (C=O) groups is 1. The van der Waals surface area contributed by atoms with E-state index in [-0.39, 0.29) is 22.5 Å². The molecule has 2 rings (SSSR count). The van der Waals surface area contributed by atoms with Crippen LogP contribution >= 0.6 is 41.3 Å². The van der Waals surface area contributed by atoms with Gasteiger partial charge in [-0.15, -0.1) is 0 Å². The molecule has 1 aromatic carbocycles. The van der Waals surface area contributed by atoms with E-state index in [2.05, 4.69) is 10.4 Å². The number of nitrogens with one attached hydrogen (secondary N) is 2. The standard InChI is InChI=1S/C18H27Cl2N2O3PS/c1-3-10-27-26(24,25-4-2)22-16-12-13(19)11-15(20)17(16)18(23)21-14-8-6-5-7-9-14/h11-12,14H,3-10H2,1-2H3,(H,21,23)(H,22,24). The van der Waals surface area contributed by atoms with Gasteiger partial charge in [-0.05, 0) is 49.7 Å². The topological polar surface area (TPSA) is 67.4 Å². The number of anilines is 1. The fraction of sp³-hybridized carbons (Fsp3) is 0.611. The van der Waals surface area contributed by atoms with Crippen molar-refractivity contribution in [1.82, 2.24) is 5.32 Å². The van der Waals surface area contributed by atoms with Crippen LogP contribution in [0.3, 0.4) is 0 Å². The van der Waals surface area contributed by atoms with Crippen LogP contribution in [0.1, 0.15) is 62.7 Å². The predicted molar refractivity (Wildman–Crippen MR) is 116 cm³/mol. The third-order valence-corrected chi connectivity index (χ3v) is 8.96. The molecule has 152 valence electrons. The molecule has 1 aromatic rings. The molecule has 0 saturated heterocycles. The molecule has 27 heavy (non-hydrogen) atoms. The van der Waals surface area contributed by atoms with Crippen LogP contribution in [-0.4, -0.2) is 24.3 Å². The van der Waals surface area contributed by atoms with E-state index >= 15 is 0 Å². The van der Waals surface area contributed by atoms with Gasteiger partial charge < -0.3 is 14.9 Å². The van der Waals surface area contributed by atoms with Crippen molar-refractivity contribution in [2.75, 3.05) is 17.4 Å². The van der Waals surface area contributed by atoms with Crippen molar-refractivity contribution in [3.8, 4) is 0 Å². The van der Waals surface area contributed by atoms with Crippen molar-refractivity contribution >= 4 is 52.9 Å². The minimum atomic E-state index is -3.24. The van der Waals surface area contributed by atoms with E-state index < -0.39 is 6.72 Å². The summed E-state index contributed by atoms with van der Waals surface area (Å²) in [6, 6.07) is 3.23. The predicted octanol–water partition coefficient (Wildman–Crippen LogP) is 6.76. The molecule has 1 fully saturated rings. The number of amides is 1. The van der Waals surface area contributed by atoms with E-state index in [4.69, 9.17) is 27.7 Å². The lowest BCUT2D eigenvalue weighted by molar-refractivity contribution is 0.0929. The van der Waals surface area contributed by atoms with Crippen molar-refractivity contribution < 1.29 is 13.9 Å². The molecule has 0 spiro atoms. The third kappa shape index (κ3) is 6.86. The molecule has 0 heterocycles. The second kappa shape index (κ2) is 11.0. The van der Waals surface area contributed by atoms with Crippen LogP contribution in [-0.2, 0) is 9.09 Å². The monoisotopic (exact) mass is 452 g/mol. The SMILES string of the molecule is CCCSP(=O)(Nc1cc(Cl)cc(Cl)c1C(=O)NC1CCCCC1)OCC. The molecule has 0 aliphatic heterocycles. The molecule has 1 amide bonds. The minimum Gasteiger partial charge on any atom is -0.349 e. The summed E-state index contributed by atoms with van der Waals surface area (Å²) in [4.78, 5) is 12.9. The molecule has 5 nitrogen and oxygen atoms in total. The zero-order chi connectivity index (χ0) is 19.9. The highest BCUT2D eigenvalue weighted by atomic mass is 35.5. The van der Waals surface area contributed by atoms with E-state index in [9.17, 15) is 9.36 Å². The molecule has 1 saturated carbocycles. The molecule has 1 aliphatic rings. The van der Waals surface area contributed by atoms with Gasteiger partial charge in [0.25, 0.3) is 5.91 Å². The normalized spacial score (nSPS) is 17.3. The summed E-state index contributed by atoms with van der Waals surface area (Å²) in [6.07, 6.45) is 6.20. The molecule has 1 aliphatic carbocycles. The largest absolute Gasteiger partial charge is 0.351 e. The van der Waals surface area contributed by atoms with Crippen molar-refractivity contribution in [3.05, 3.63) is 27.7 Å². The van der Waals surface area contributed by atoms with Gasteiger partial charge >= 0.3 is 6.72 Å². The first-order chi connectivity index (χ1) is 12.9. The number of rotatable bonds is 9. The first kappa shape index (κ1) is 22.9. The van der Waals surface area contributed by atoms with Crippen molar-refractivity contribution in [2.24, 2.45) is 0 Å². The highest BCUT2D eigenvalue weighted by Gasteiger charge is 2.28. The van der Waals surface area contributed by atoms with Gasteiger partial charge in [-0.25, -0.2) is 0 Å². The van der Waals surface area contributed by atoms with Crippen molar-refractivity contribution in [2.45, 2.75) is 58.4 Å². The van der Waals surface area contributed by atoms with Crippen LogP contribution in [0.4, 0.5) is 5.69 Å². The van der Waals surface area contributed by atoms with E-state index in [0.717, 1.165) is 32.1 Å². The van der Waals surface area contributed by atoms with E-state index in [1.54, 1.807) is 13.0 Å². The number of halogens is 2. The lowest BCUT2D eigenvalue weighted by Gasteiger charge is -2.25. The van der Waals surface area contributed by atoms with Crippen molar-refractivity contribution in [3.63, 3.8) is 0 Å². The van der Waals surface area contributed by atoms with E-state index in [1.807, 2.05) is 6.92 Å². The van der Waals surface area contributed by atoms with Gasteiger partial charge in [-0.2, -0.15) is 0 Å². The minimum absolute atomic E-state index is 0.138. The summed E-state index contributed by atoms with van der Waals surface area (Å²) >= 11 is 13.7.